The molecule has 0 spiro atoms. The standard InChI is InChI=1S/C19H20N2O2/c1-14(16-11-9-15(13-20)10-12-16)21-18(22)19(2,23-3)17-7-5-4-6-8-17/h4-12,14H,1-3H3,(H,21,22)/t14-,19+/m1/s1. The average Bonchev–Trinajstić information content (AvgIpc) is 2.61. The molecule has 118 valence electrons. The molecular weight excluding hydrogens is 288 g/mol. The first-order valence-corrected chi connectivity index (χ1v) is 7.43. The molecule has 0 saturated carbocycles. The van der Waals surface area contributed by atoms with Gasteiger partial charge < -0.3 is 10.1 Å². The van der Waals surface area contributed by atoms with Crippen LogP contribution in [0.1, 0.15) is 36.6 Å². The Kier molecular flexibility index (Phi) is 5.15. The van der Waals surface area contributed by atoms with Gasteiger partial charge in [-0.25, -0.2) is 0 Å². The lowest BCUT2D eigenvalue weighted by Crippen LogP contribution is -2.44. The van der Waals surface area contributed by atoms with E-state index in [1.165, 1.54) is 7.11 Å². The van der Waals surface area contributed by atoms with Crippen LogP contribution in [0.25, 0.3) is 0 Å². The van der Waals surface area contributed by atoms with Crippen molar-refractivity contribution in [2.75, 3.05) is 7.11 Å². The Bertz CT molecular complexity index is 704. The highest BCUT2D eigenvalue weighted by Gasteiger charge is 2.35. The second kappa shape index (κ2) is 7.08. The maximum Gasteiger partial charge on any atom is 0.257 e. The molecule has 0 aliphatic heterocycles. The van der Waals surface area contributed by atoms with Crippen LogP contribution in [0.15, 0.2) is 54.6 Å². The molecule has 0 fully saturated rings. The van der Waals surface area contributed by atoms with Crippen LogP contribution in [0.3, 0.4) is 0 Å². The SMILES string of the molecule is CO[C@](C)(C(=O)N[C@H](C)c1ccc(C#N)cc1)c1ccccc1. The van der Waals surface area contributed by atoms with Gasteiger partial charge in [-0.05, 0) is 37.1 Å². The summed E-state index contributed by atoms with van der Waals surface area (Å²) >= 11 is 0. The summed E-state index contributed by atoms with van der Waals surface area (Å²) in [5.74, 6) is -0.206. The fraction of sp³-hybridized carbons (Fsp3) is 0.263. The smallest absolute Gasteiger partial charge is 0.257 e. The zero-order chi connectivity index (χ0) is 16.9. The maximum absolute atomic E-state index is 12.7. The van der Waals surface area contributed by atoms with Gasteiger partial charge in [-0.3, -0.25) is 4.79 Å². The van der Waals surface area contributed by atoms with Crippen LogP contribution in [0.2, 0.25) is 0 Å². The molecule has 0 bridgehead atoms. The summed E-state index contributed by atoms with van der Waals surface area (Å²) in [6.07, 6.45) is 0. The van der Waals surface area contributed by atoms with Crippen molar-refractivity contribution >= 4 is 5.91 Å². The number of hydrogen-bond donors (Lipinski definition) is 1. The monoisotopic (exact) mass is 308 g/mol. The van der Waals surface area contributed by atoms with Crippen molar-refractivity contribution < 1.29 is 9.53 Å². The highest BCUT2D eigenvalue weighted by molar-refractivity contribution is 5.86. The van der Waals surface area contributed by atoms with Gasteiger partial charge in [-0.2, -0.15) is 5.26 Å². The summed E-state index contributed by atoms with van der Waals surface area (Å²) < 4.78 is 5.50. The highest BCUT2D eigenvalue weighted by Crippen LogP contribution is 2.26. The fourth-order valence-electron chi connectivity index (χ4n) is 2.36. The number of rotatable bonds is 5. The molecule has 4 heteroatoms. The zero-order valence-electron chi connectivity index (χ0n) is 13.5. The molecular formula is C19H20N2O2. The van der Waals surface area contributed by atoms with Crippen LogP contribution in [0.4, 0.5) is 0 Å². The molecule has 0 heterocycles. The number of methoxy groups -OCH3 is 1. The number of hydrogen-bond acceptors (Lipinski definition) is 3. The fourth-order valence-corrected chi connectivity index (χ4v) is 2.36. The van der Waals surface area contributed by atoms with Crippen LogP contribution in [-0.4, -0.2) is 13.0 Å². The molecule has 1 amide bonds. The molecule has 0 aliphatic carbocycles. The van der Waals surface area contributed by atoms with E-state index < -0.39 is 5.60 Å². The van der Waals surface area contributed by atoms with Gasteiger partial charge >= 0.3 is 0 Å². The Labute approximate surface area is 136 Å². The largest absolute Gasteiger partial charge is 0.364 e. The van der Waals surface area contributed by atoms with Crippen molar-refractivity contribution in [2.24, 2.45) is 0 Å². The van der Waals surface area contributed by atoms with Crippen LogP contribution in [0.5, 0.6) is 0 Å². The molecule has 0 aliphatic rings. The van der Waals surface area contributed by atoms with Crippen LogP contribution < -0.4 is 5.32 Å². The van der Waals surface area contributed by atoms with Crippen molar-refractivity contribution in [3.63, 3.8) is 0 Å². The zero-order valence-corrected chi connectivity index (χ0v) is 13.5. The third-order valence-corrected chi connectivity index (χ3v) is 4.05. The molecule has 2 atom stereocenters. The van der Waals surface area contributed by atoms with Gasteiger partial charge in [0.2, 0.25) is 0 Å². The maximum atomic E-state index is 12.7. The number of ether oxygens (including phenoxy) is 1. The van der Waals surface area contributed by atoms with E-state index in [1.54, 1.807) is 19.1 Å². The van der Waals surface area contributed by atoms with E-state index in [-0.39, 0.29) is 11.9 Å². The van der Waals surface area contributed by atoms with E-state index >= 15 is 0 Å². The summed E-state index contributed by atoms with van der Waals surface area (Å²) in [5.41, 5.74) is 1.27. The summed E-state index contributed by atoms with van der Waals surface area (Å²) in [7, 11) is 1.53. The normalized spacial score (nSPS) is 14.3. The van der Waals surface area contributed by atoms with Gasteiger partial charge in [0.1, 0.15) is 0 Å². The summed E-state index contributed by atoms with van der Waals surface area (Å²) in [6.45, 7) is 3.66. The lowest BCUT2D eigenvalue weighted by Gasteiger charge is -2.29. The lowest BCUT2D eigenvalue weighted by atomic mass is 9.94. The van der Waals surface area contributed by atoms with Gasteiger partial charge in [0.25, 0.3) is 5.91 Å². The van der Waals surface area contributed by atoms with Crippen molar-refractivity contribution in [1.82, 2.24) is 5.32 Å². The number of nitrogens with one attached hydrogen (secondary N) is 1. The van der Waals surface area contributed by atoms with Gasteiger partial charge in [0, 0.05) is 7.11 Å². The van der Waals surface area contributed by atoms with E-state index in [4.69, 9.17) is 10.00 Å². The molecule has 23 heavy (non-hydrogen) atoms. The lowest BCUT2D eigenvalue weighted by molar-refractivity contribution is -0.143. The number of nitrogens with zero attached hydrogens (tertiary/aromatic N) is 1. The number of benzene rings is 2. The second-order valence-corrected chi connectivity index (χ2v) is 5.53. The molecule has 1 N–H and O–H groups in total. The van der Waals surface area contributed by atoms with Crippen molar-refractivity contribution in [3.05, 3.63) is 71.3 Å². The van der Waals surface area contributed by atoms with E-state index in [9.17, 15) is 4.79 Å². The van der Waals surface area contributed by atoms with Gasteiger partial charge in [0.05, 0.1) is 17.7 Å². The first-order chi connectivity index (χ1) is 11.0. The summed E-state index contributed by atoms with van der Waals surface area (Å²) in [6, 6.07) is 18.5. The van der Waals surface area contributed by atoms with E-state index in [0.29, 0.717) is 5.56 Å². The Balaban J connectivity index is 2.17. The van der Waals surface area contributed by atoms with E-state index in [2.05, 4.69) is 11.4 Å². The summed E-state index contributed by atoms with van der Waals surface area (Å²) in [5, 5.41) is 11.8. The number of amides is 1. The highest BCUT2D eigenvalue weighted by atomic mass is 16.5. The number of nitriles is 1. The first-order valence-electron chi connectivity index (χ1n) is 7.43. The Morgan fingerprint density at radius 2 is 1.78 bits per heavy atom. The molecule has 0 saturated heterocycles. The molecule has 2 rings (SSSR count). The Morgan fingerprint density at radius 1 is 1.17 bits per heavy atom. The molecule has 0 radical (unpaired) electrons. The minimum absolute atomic E-state index is 0.187. The second-order valence-electron chi connectivity index (χ2n) is 5.53. The van der Waals surface area contributed by atoms with Crippen molar-refractivity contribution in [2.45, 2.75) is 25.5 Å². The molecule has 0 unspecified atom stereocenters. The van der Waals surface area contributed by atoms with Crippen LogP contribution in [-0.2, 0) is 15.1 Å². The van der Waals surface area contributed by atoms with Crippen molar-refractivity contribution in [3.8, 4) is 6.07 Å². The van der Waals surface area contributed by atoms with Gasteiger partial charge in [-0.1, -0.05) is 42.5 Å². The third-order valence-electron chi connectivity index (χ3n) is 4.05. The molecule has 2 aromatic rings. The molecule has 4 nitrogen and oxygen atoms in total. The topological polar surface area (TPSA) is 62.1 Å². The van der Waals surface area contributed by atoms with Crippen LogP contribution >= 0.6 is 0 Å². The summed E-state index contributed by atoms with van der Waals surface area (Å²) in [4.78, 5) is 12.7. The molecule has 0 aromatic heterocycles. The van der Waals surface area contributed by atoms with Crippen molar-refractivity contribution in [1.29, 1.82) is 5.26 Å². The van der Waals surface area contributed by atoms with Gasteiger partial charge in [-0.15, -0.1) is 0 Å². The molecule has 2 aromatic carbocycles. The minimum atomic E-state index is -1.05. The minimum Gasteiger partial charge on any atom is -0.364 e. The Morgan fingerprint density at radius 3 is 2.30 bits per heavy atom. The number of carbonyl (C=O) groups excluding carboxylic acids is 1. The Hall–Kier alpha value is -2.64. The first kappa shape index (κ1) is 16.7. The average molecular weight is 308 g/mol. The predicted octanol–water partition coefficient (Wildman–Crippen LogP) is 3.30. The number of carbonyl (C=O) groups is 1. The van der Waals surface area contributed by atoms with E-state index in [0.717, 1.165) is 11.1 Å². The van der Waals surface area contributed by atoms with Gasteiger partial charge in [0.15, 0.2) is 5.60 Å². The van der Waals surface area contributed by atoms with E-state index in [1.807, 2.05) is 49.4 Å². The quantitative estimate of drug-likeness (QED) is 0.922. The predicted molar refractivity (Wildman–Crippen MR) is 88.5 cm³/mol. The van der Waals surface area contributed by atoms with Crippen LogP contribution in [0, 0.1) is 11.3 Å². The third kappa shape index (κ3) is 3.58.